The molecule has 1 aromatic rings. The van der Waals surface area contributed by atoms with E-state index in [0.717, 1.165) is 16.7 Å². The Morgan fingerprint density at radius 2 is 1.64 bits per heavy atom. The van der Waals surface area contributed by atoms with Crippen LogP contribution >= 0.6 is 0 Å². The van der Waals surface area contributed by atoms with E-state index in [9.17, 15) is 8.42 Å². The molecule has 77 valence electrons. The average Bonchev–Trinajstić information content (AvgIpc) is 2.01. The van der Waals surface area contributed by atoms with Gasteiger partial charge in [0.2, 0.25) is 0 Å². The molecule has 3 heteroatoms. The fourth-order valence-electron chi connectivity index (χ4n) is 1.56. The summed E-state index contributed by atoms with van der Waals surface area (Å²) in [4.78, 5) is 0.393. The Bertz CT molecular complexity index is 421. The zero-order chi connectivity index (χ0) is 10.9. The van der Waals surface area contributed by atoms with Gasteiger partial charge in [0.1, 0.15) is 0 Å². The summed E-state index contributed by atoms with van der Waals surface area (Å²) in [6.07, 6.45) is 1.92. The van der Waals surface area contributed by atoms with Crippen molar-refractivity contribution in [3.8, 4) is 0 Å². The molecule has 0 aliphatic carbocycles. The molecule has 0 N–H and O–H groups in total. The summed E-state index contributed by atoms with van der Waals surface area (Å²) >= 11 is 0. The molecule has 14 heavy (non-hydrogen) atoms. The molecule has 0 aromatic heterocycles. The van der Waals surface area contributed by atoms with Crippen molar-refractivity contribution in [1.29, 1.82) is 0 Å². The van der Waals surface area contributed by atoms with E-state index in [1.807, 2.05) is 13.8 Å². The van der Waals surface area contributed by atoms with Gasteiger partial charge in [0, 0.05) is 6.26 Å². The Hall–Kier alpha value is -0.830. The topological polar surface area (TPSA) is 34.1 Å². The van der Waals surface area contributed by atoms with Gasteiger partial charge in [-0.25, -0.2) is 8.42 Å². The monoisotopic (exact) mass is 211 g/mol. The smallest absolute Gasteiger partial charge is 0.175 e. The summed E-state index contributed by atoms with van der Waals surface area (Å²) in [6, 6.07) is 3.42. The van der Waals surface area contributed by atoms with Crippen LogP contribution in [0.15, 0.2) is 17.0 Å². The van der Waals surface area contributed by atoms with Gasteiger partial charge in [-0.1, -0.05) is 0 Å². The van der Waals surface area contributed by atoms with Crippen molar-refractivity contribution >= 4 is 9.84 Å². The van der Waals surface area contributed by atoms with Gasteiger partial charge in [0.15, 0.2) is 9.84 Å². The SMILES string of the molecule is [CH2]Cc1c(C)cc(S(C)(=O)=O)cc1C. The highest BCUT2D eigenvalue weighted by molar-refractivity contribution is 7.90. The zero-order valence-electron chi connectivity index (χ0n) is 8.79. The van der Waals surface area contributed by atoms with Crippen molar-refractivity contribution in [3.05, 3.63) is 35.7 Å². The third kappa shape index (κ3) is 2.15. The van der Waals surface area contributed by atoms with Crippen LogP contribution in [0.5, 0.6) is 0 Å². The second kappa shape index (κ2) is 3.73. The van der Waals surface area contributed by atoms with Crippen LogP contribution in [-0.4, -0.2) is 14.7 Å². The number of hydrogen-bond donors (Lipinski definition) is 0. The normalized spacial score (nSPS) is 11.7. The van der Waals surface area contributed by atoms with Gasteiger partial charge in [-0.3, -0.25) is 0 Å². The Balaban J connectivity index is 3.43. The summed E-state index contributed by atoms with van der Waals surface area (Å²) in [6.45, 7) is 7.66. The largest absolute Gasteiger partial charge is 0.224 e. The Morgan fingerprint density at radius 1 is 1.21 bits per heavy atom. The third-order valence-electron chi connectivity index (χ3n) is 2.35. The Morgan fingerprint density at radius 3 is 1.93 bits per heavy atom. The minimum absolute atomic E-state index is 0.393. The first-order valence-corrected chi connectivity index (χ1v) is 6.35. The highest BCUT2D eigenvalue weighted by Crippen LogP contribution is 2.20. The van der Waals surface area contributed by atoms with Gasteiger partial charge in [-0.05, 0) is 56.0 Å². The number of rotatable bonds is 2. The fourth-order valence-corrected chi connectivity index (χ4v) is 2.34. The van der Waals surface area contributed by atoms with E-state index in [4.69, 9.17) is 0 Å². The molecular formula is C11H15O2S. The number of aryl methyl sites for hydroxylation is 2. The van der Waals surface area contributed by atoms with Crippen LogP contribution in [0.3, 0.4) is 0 Å². The lowest BCUT2D eigenvalue weighted by atomic mass is 10.0. The number of hydrogen-bond acceptors (Lipinski definition) is 2. The van der Waals surface area contributed by atoms with E-state index in [-0.39, 0.29) is 0 Å². The Labute approximate surface area is 85.9 Å². The van der Waals surface area contributed by atoms with E-state index >= 15 is 0 Å². The Kier molecular flexibility index (Phi) is 3.00. The molecule has 0 amide bonds. The predicted molar refractivity (Wildman–Crippen MR) is 58.1 cm³/mol. The van der Waals surface area contributed by atoms with Crippen LogP contribution in [0.25, 0.3) is 0 Å². The summed E-state index contributed by atoms with van der Waals surface area (Å²) in [5, 5.41) is 0. The van der Waals surface area contributed by atoms with Crippen LogP contribution < -0.4 is 0 Å². The molecule has 1 aromatic carbocycles. The van der Waals surface area contributed by atoms with Crippen LogP contribution in [-0.2, 0) is 16.3 Å². The van der Waals surface area contributed by atoms with Crippen molar-refractivity contribution in [1.82, 2.24) is 0 Å². The molecule has 0 fully saturated rings. The van der Waals surface area contributed by atoms with Gasteiger partial charge >= 0.3 is 0 Å². The van der Waals surface area contributed by atoms with Crippen LogP contribution in [0.1, 0.15) is 16.7 Å². The first-order chi connectivity index (χ1) is 6.36. The van der Waals surface area contributed by atoms with E-state index < -0.39 is 9.84 Å². The van der Waals surface area contributed by atoms with Gasteiger partial charge in [-0.2, -0.15) is 0 Å². The predicted octanol–water partition coefficient (Wildman–Crippen LogP) is 2.08. The first kappa shape index (κ1) is 11.2. The molecule has 0 saturated heterocycles. The lowest BCUT2D eigenvalue weighted by Gasteiger charge is -2.09. The van der Waals surface area contributed by atoms with Crippen molar-refractivity contribution in [2.75, 3.05) is 6.26 Å². The minimum Gasteiger partial charge on any atom is -0.224 e. The first-order valence-electron chi connectivity index (χ1n) is 4.45. The zero-order valence-corrected chi connectivity index (χ0v) is 9.61. The maximum Gasteiger partial charge on any atom is 0.175 e. The molecule has 0 spiro atoms. The quantitative estimate of drug-likeness (QED) is 0.750. The summed E-state index contributed by atoms with van der Waals surface area (Å²) < 4.78 is 22.6. The van der Waals surface area contributed by atoms with Gasteiger partial charge < -0.3 is 0 Å². The van der Waals surface area contributed by atoms with E-state index in [1.54, 1.807) is 12.1 Å². The molecule has 0 atom stereocenters. The van der Waals surface area contributed by atoms with Gasteiger partial charge in [0.05, 0.1) is 4.90 Å². The van der Waals surface area contributed by atoms with Crippen molar-refractivity contribution in [2.24, 2.45) is 0 Å². The third-order valence-corrected chi connectivity index (χ3v) is 3.44. The van der Waals surface area contributed by atoms with E-state index in [1.165, 1.54) is 6.26 Å². The molecule has 0 saturated carbocycles. The second-order valence-corrected chi connectivity index (χ2v) is 5.57. The summed E-state index contributed by atoms with van der Waals surface area (Å²) in [5.41, 5.74) is 3.14. The van der Waals surface area contributed by atoms with Crippen molar-refractivity contribution in [2.45, 2.75) is 25.2 Å². The summed E-state index contributed by atoms with van der Waals surface area (Å²) in [5.74, 6) is 0. The molecule has 0 bridgehead atoms. The maximum atomic E-state index is 11.3. The molecule has 0 aliphatic heterocycles. The standard InChI is InChI=1S/C11H15O2S/c1-5-11-8(2)6-10(7-9(11)3)14(4,12)13/h6-7H,1,5H2,2-4H3. The molecule has 1 radical (unpaired) electrons. The maximum absolute atomic E-state index is 11.3. The highest BCUT2D eigenvalue weighted by atomic mass is 32.2. The van der Waals surface area contributed by atoms with E-state index in [0.29, 0.717) is 11.3 Å². The van der Waals surface area contributed by atoms with Crippen molar-refractivity contribution < 1.29 is 8.42 Å². The summed E-state index contributed by atoms with van der Waals surface area (Å²) in [7, 11) is -3.09. The van der Waals surface area contributed by atoms with Crippen molar-refractivity contribution in [3.63, 3.8) is 0 Å². The average molecular weight is 211 g/mol. The molecule has 0 unspecified atom stereocenters. The number of sulfone groups is 1. The molecule has 0 heterocycles. The molecule has 0 aliphatic rings. The second-order valence-electron chi connectivity index (χ2n) is 3.56. The van der Waals surface area contributed by atoms with Crippen LogP contribution in [0, 0.1) is 20.8 Å². The van der Waals surface area contributed by atoms with Crippen LogP contribution in [0.4, 0.5) is 0 Å². The number of benzene rings is 1. The lowest BCUT2D eigenvalue weighted by Crippen LogP contribution is -2.01. The molecule has 2 nitrogen and oxygen atoms in total. The fraction of sp³-hybridized carbons (Fsp3) is 0.364. The van der Waals surface area contributed by atoms with Gasteiger partial charge in [0.25, 0.3) is 0 Å². The van der Waals surface area contributed by atoms with E-state index in [2.05, 4.69) is 6.92 Å². The molecule has 1 rings (SSSR count). The highest BCUT2D eigenvalue weighted by Gasteiger charge is 2.10. The molecular weight excluding hydrogens is 196 g/mol. The lowest BCUT2D eigenvalue weighted by molar-refractivity contribution is 0.601. The minimum atomic E-state index is -3.09. The van der Waals surface area contributed by atoms with Crippen LogP contribution in [0.2, 0.25) is 0 Å². The van der Waals surface area contributed by atoms with Gasteiger partial charge in [-0.15, -0.1) is 0 Å².